The molecule has 0 radical (unpaired) electrons. The van der Waals surface area contributed by atoms with Gasteiger partial charge in [0.25, 0.3) is 0 Å². The molecular formula is C22H25NO6S. The predicted octanol–water partition coefficient (Wildman–Crippen LogP) is 2.55. The van der Waals surface area contributed by atoms with Crippen LogP contribution in [-0.4, -0.2) is 44.7 Å². The second-order valence-electron chi connectivity index (χ2n) is 6.75. The van der Waals surface area contributed by atoms with Crippen LogP contribution in [-0.2, 0) is 19.6 Å². The van der Waals surface area contributed by atoms with Crippen molar-refractivity contribution >= 4 is 27.9 Å². The van der Waals surface area contributed by atoms with Crippen molar-refractivity contribution in [2.75, 3.05) is 19.4 Å². The number of cyclic esters (lactones) is 1. The number of rotatable bonds is 3. The van der Waals surface area contributed by atoms with Crippen LogP contribution in [0, 0.1) is 11.8 Å². The van der Waals surface area contributed by atoms with Gasteiger partial charge in [-0.05, 0) is 25.0 Å². The van der Waals surface area contributed by atoms with Crippen LogP contribution in [0.1, 0.15) is 53.6 Å². The predicted molar refractivity (Wildman–Crippen MR) is 114 cm³/mol. The molecule has 8 heteroatoms. The van der Waals surface area contributed by atoms with Crippen LogP contribution in [0.5, 0.6) is 5.75 Å². The number of esters is 1. The number of nitrogens with one attached hydrogen (secondary N) is 1. The number of allylic oxidation sites excluding steroid dienone is 2. The molecule has 0 aromatic heterocycles. The number of fused-ring (bicyclic) bond motifs is 1. The smallest absolute Gasteiger partial charge is 0.342 e. The third-order valence-corrected chi connectivity index (χ3v) is 4.93. The van der Waals surface area contributed by atoms with Crippen molar-refractivity contribution in [2.24, 2.45) is 0 Å². The molecule has 30 heavy (non-hydrogen) atoms. The van der Waals surface area contributed by atoms with Gasteiger partial charge >= 0.3 is 5.97 Å². The number of hydrogen-bond acceptors (Lipinski definition) is 6. The van der Waals surface area contributed by atoms with Gasteiger partial charge in [-0.25, -0.2) is 17.9 Å². The first-order valence-corrected chi connectivity index (χ1v) is 11.5. The van der Waals surface area contributed by atoms with E-state index in [2.05, 4.69) is 16.6 Å². The number of phenols is 1. The fourth-order valence-corrected chi connectivity index (χ4v) is 3.23. The zero-order valence-corrected chi connectivity index (χ0v) is 17.6. The first kappa shape index (κ1) is 23.4. The molecule has 0 amide bonds. The lowest BCUT2D eigenvalue weighted by Gasteiger charge is -2.11. The molecule has 0 bridgehead atoms. The van der Waals surface area contributed by atoms with E-state index < -0.39 is 16.0 Å². The first-order valence-electron chi connectivity index (χ1n) is 9.58. The number of ether oxygens (including phenoxy) is 1. The van der Waals surface area contributed by atoms with Gasteiger partial charge in [0.2, 0.25) is 10.0 Å². The number of carbonyl (C=O) groups excluding carboxylic acids is 2. The highest BCUT2D eigenvalue weighted by Crippen LogP contribution is 2.27. The van der Waals surface area contributed by atoms with Gasteiger partial charge in [-0.3, -0.25) is 4.79 Å². The maximum Gasteiger partial charge on any atom is 0.342 e. The minimum atomic E-state index is -3.28. The van der Waals surface area contributed by atoms with Gasteiger partial charge in [-0.1, -0.05) is 36.1 Å². The van der Waals surface area contributed by atoms with E-state index in [-0.39, 0.29) is 36.7 Å². The van der Waals surface area contributed by atoms with Crippen molar-refractivity contribution in [3.05, 3.63) is 47.1 Å². The van der Waals surface area contributed by atoms with Crippen molar-refractivity contribution in [3.8, 4) is 17.6 Å². The quantitative estimate of drug-likeness (QED) is 0.329. The van der Waals surface area contributed by atoms with Gasteiger partial charge in [-0.2, -0.15) is 0 Å². The molecule has 2 rings (SSSR count). The summed E-state index contributed by atoms with van der Waals surface area (Å²) in [5.74, 6) is 5.01. The Morgan fingerprint density at radius 3 is 2.77 bits per heavy atom. The molecule has 7 nitrogen and oxygen atoms in total. The summed E-state index contributed by atoms with van der Waals surface area (Å²) in [4.78, 5) is 24.3. The Balaban J connectivity index is 2.32. The summed E-state index contributed by atoms with van der Waals surface area (Å²) in [5, 5.41) is 10.3. The molecular weight excluding hydrogens is 406 g/mol. The maximum atomic E-state index is 12.6. The van der Waals surface area contributed by atoms with Crippen LogP contribution < -0.4 is 4.72 Å². The molecule has 1 aromatic carbocycles. The summed E-state index contributed by atoms with van der Waals surface area (Å²) in [6.07, 6.45) is 10.2. The Morgan fingerprint density at radius 1 is 1.20 bits per heavy atom. The molecule has 160 valence electrons. The molecule has 0 saturated heterocycles. The average molecular weight is 432 g/mol. The Morgan fingerprint density at radius 2 is 2.00 bits per heavy atom. The van der Waals surface area contributed by atoms with Crippen LogP contribution >= 0.6 is 0 Å². The summed E-state index contributed by atoms with van der Waals surface area (Å²) in [6, 6.07) is 2.97. The van der Waals surface area contributed by atoms with E-state index in [1.807, 2.05) is 6.08 Å². The minimum absolute atomic E-state index is 0.0121. The molecule has 1 aliphatic heterocycles. The third kappa shape index (κ3) is 7.85. The number of carbonyl (C=O) groups is 2. The van der Waals surface area contributed by atoms with Crippen LogP contribution in [0.4, 0.5) is 0 Å². The number of hydrogen-bond donors (Lipinski definition) is 2. The number of ketones is 1. The minimum Gasteiger partial charge on any atom is -0.507 e. The Bertz CT molecular complexity index is 1010. The van der Waals surface area contributed by atoms with Crippen molar-refractivity contribution in [3.63, 3.8) is 0 Å². The van der Waals surface area contributed by atoms with E-state index in [1.165, 1.54) is 6.07 Å². The molecule has 0 spiro atoms. The fourth-order valence-electron chi connectivity index (χ4n) is 2.76. The number of aromatic hydroxyl groups is 1. The highest BCUT2D eigenvalue weighted by Gasteiger charge is 2.19. The van der Waals surface area contributed by atoms with Crippen LogP contribution in [0.3, 0.4) is 0 Å². The molecule has 0 saturated carbocycles. The number of benzene rings is 1. The molecule has 1 aromatic rings. The van der Waals surface area contributed by atoms with E-state index in [4.69, 9.17) is 4.74 Å². The van der Waals surface area contributed by atoms with Gasteiger partial charge in [0.05, 0.1) is 6.26 Å². The van der Waals surface area contributed by atoms with Crippen LogP contribution in [0.15, 0.2) is 30.4 Å². The van der Waals surface area contributed by atoms with Crippen LogP contribution in [0.25, 0.3) is 6.08 Å². The van der Waals surface area contributed by atoms with Gasteiger partial charge < -0.3 is 9.84 Å². The maximum absolute atomic E-state index is 12.6. The fraction of sp³-hybridized carbons (Fsp3) is 0.364. The molecule has 0 fully saturated rings. The second kappa shape index (κ2) is 11.3. The lowest BCUT2D eigenvalue weighted by Crippen LogP contribution is -2.22. The van der Waals surface area contributed by atoms with E-state index in [9.17, 15) is 23.1 Å². The summed E-state index contributed by atoms with van der Waals surface area (Å²) in [6.45, 7) is 0.159. The van der Waals surface area contributed by atoms with E-state index in [0.29, 0.717) is 36.8 Å². The first-order chi connectivity index (χ1) is 14.3. The number of phenolic OH excluding ortho intramolecular Hbond substituents is 1. The Labute approximate surface area is 176 Å². The SMILES string of the molecule is CS(=O)(=O)NCCC#Cc1ccc(O)c2c1C=CCCCC(=O)CC=CCOC2=O. The molecule has 0 atom stereocenters. The molecule has 0 aliphatic carbocycles. The van der Waals surface area contributed by atoms with E-state index in [0.717, 1.165) is 6.26 Å². The van der Waals surface area contributed by atoms with Gasteiger partial charge in [0.1, 0.15) is 23.7 Å². The lowest BCUT2D eigenvalue weighted by atomic mass is 9.98. The zero-order valence-electron chi connectivity index (χ0n) is 16.8. The summed E-state index contributed by atoms with van der Waals surface area (Å²) >= 11 is 0. The highest BCUT2D eigenvalue weighted by atomic mass is 32.2. The van der Waals surface area contributed by atoms with E-state index >= 15 is 0 Å². The van der Waals surface area contributed by atoms with Crippen molar-refractivity contribution in [2.45, 2.75) is 32.1 Å². The molecule has 2 N–H and O–H groups in total. The van der Waals surface area contributed by atoms with Crippen molar-refractivity contribution in [1.82, 2.24) is 4.72 Å². The lowest BCUT2D eigenvalue weighted by molar-refractivity contribution is -0.118. The van der Waals surface area contributed by atoms with Gasteiger partial charge in [-0.15, -0.1) is 0 Å². The molecule has 1 heterocycles. The van der Waals surface area contributed by atoms with E-state index in [1.54, 1.807) is 24.3 Å². The number of Topliss-reactive ketones (excluding diaryl/α,β-unsaturated/α-hetero) is 1. The second-order valence-corrected chi connectivity index (χ2v) is 8.58. The highest BCUT2D eigenvalue weighted by molar-refractivity contribution is 7.88. The standard InChI is InChI=1S/C22H25NO6S/c1-30(27,28)23-15-7-5-9-17-13-14-20(25)21-19(17)12-4-2-3-10-18(24)11-6-8-16-29-22(21)26/h4,6,8,12-14,23,25H,2-3,7,10-11,15-16H2,1H3. The normalized spacial score (nSPS) is 15.5. The monoisotopic (exact) mass is 431 g/mol. The summed E-state index contributed by atoms with van der Waals surface area (Å²) in [7, 11) is -3.28. The zero-order chi connectivity index (χ0) is 22.0. The third-order valence-electron chi connectivity index (χ3n) is 4.20. The summed E-state index contributed by atoms with van der Waals surface area (Å²) in [5.41, 5.74) is 0.957. The van der Waals surface area contributed by atoms with Crippen molar-refractivity contribution in [1.29, 1.82) is 0 Å². The largest absolute Gasteiger partial charge is 0.507 e. The molecule has 1 aliphatic rings. The topological polar surface area (TPSA) is 110 Å². The van der Waals surface area contributed by atoms with Gasteiger partial charge in [0, 0.05) is 36.9 Å². The number of sulfonamides is 1. The average Bonchev–Trinajstić information content (AvgIpc) is 2.67. The summed E-state index contributed by atoms with van der Waals surface area (Å²) < 4.78 is 29.8. The van der Waals surface area contributed by atoms with Crippen LogP contribution in [0.2, 0.25) is 0 Å². The Kier molecular flexibility index (Phi) is 8.84. The van der Waals surface area contributed by atoms with Gasteiger partial charge in [0.15, 0.2) is 0 Å². The van der Waals surface area contributed by atoms with Crippen molar-refractivity contribution < 1.29 is 27.9 Å². The molecule has 0 unspecified atom stereocenters. The Hall–Kier alpha value is -2.89.